The fraction of sp³-hybridized carbons (Fsp3) is 0.0476. The van der Waals surface area contributed by atoms with E-state index >= 15 is 0 Å². The lowest BCUT2D eigenvalue weighted by Gasteiger charge is -2.09. The van der Waals surface area contributed by atoms with Gasteiger partial charge in [-0.3, -0.25) is 4.98 Å². The fourth-order valence-corrected chi connectivity index (χ4v) is 3.30. The van der Waals surface area contributed by atoms with Gasteiger partial charge in [-0.1, -0.05) is 42.5 Å². The lowest BCUT2D eigenvalue weighted by Crippen LogP contribution is -2.11. The molecule has 2 aromatic heterocycles. The SMILES string of the molecule is O=C(O)c1c(-c2ccccc2F)c2ccccc2n1Cc1cccnc1. The molecular formula is C21H15FN2O2. The van der Waals surface area contributed by atoms with E-state index in [2.05, 4.69) is 4.98 Å². The fourth-order valence-electron chi connectivity index (χ4n) is 3.30. The van der Waals surface area contributed by atoms with Gasteiger partial charge in [0.25, 0.3) is 0 Å². The number of hydrogen-bond donors (Lipinski definition) is 1. The van der Waals surface area contributed by atoms with Crippen molar-refractivity contribution in [3.63, 3.8) is 0 Å². The maximum absolute atomic E-state index is 14.5. The van der Waals surface area contributed by atoms with Crippen LogP contribution in [0.2, 0.25) is 0 Å². The van der Waals surface area contributed by atoms with Crippen molar-refractivity contribution in [1.82, 2.24) is 9.55 Å². The van der Waals surface area contributed by atoms with E-state index in [4.69, 9.17) is 0 Å². The highest BCUT2D eigenvalue weighted by Gasteiger charge is 2.25. The van der Waals surface area contributed by atoms with Crippen molar-refractivity contribution in [2.45, 2.75) is 6.54 Å². The molecular weight excluding hydrogens is 331 g/mol. The van der Waals surface area contributed by atoms with E-state index in [9.17, 15) is 14.3 Å². The van der Waals surface area contributed by atoms with Gasteiger partial charge in [-0.25, -0.2) is 9.18 Å². The summed E-state index contributed by atoms with van der Waals surface area (Å²) in [7, 11) is 0. The minimum absolute atomic E-state index is 0.0696. The van der Waals surface area contributed by atoms with Crippen LogP contribution in [0.1, 0.15) is 16.1 Å². The van der Waals surface area contributed by atoms with Gasteiger partial charge >= 0.3 is 5.97 Å². The third-order valence-corrected chi connectivity index (χ3v) is 4.38. The van der Waals surface area contributed by atoms with Gasteiger partial charge in [-0.2, -0.15) is 0 Å². The zero-order chi connectivity index (χ0) is 18.1. The van der Waals surface area contributed by atoms with Crippen LogP contribution in [0, 0.1) is 5.82 Å². The molecule has 0 aliphatic carbocycles. The Labute approximate surface area is 149 Å². The maximum Gasteiger partial charge on any atom is 0.353 e. The van der Waals surface area contributed by atoms with Crippen LogP contribution >= 0.6 is 0 Å². The van der Waals surface area contributed by atoms with Crippen LogP contribution in [0.5, 0.6) is 0 Å². The third-order valence-electron chi connectivity index (χ3n) is 4.38. The number of pyridine rings is 1. The second-order valence-corrected chi connectivity index (χ2v) is 5.97. The highest BCUT2D eigenvalue weighted by atomic mass is 19.1. The molecule has 0 saturated carbocycles. The van der Waals surface area contributed by atoms with E-state index in [1.54, 1.807) is 41.2 Å². The van der Waals surface area contributed by atoms with Crippen LogP contribution in [-0.4, -0.2) is 20.6 Å². The van der Waals surface area contributed by atoms with Crippen molar-refractivity contribution < 1.29 is 14.3 Å². The molecule has 128 valence electrons. The number of carboxylic acid groups (broad SMARTS) is 1. The van der Waals surface area contributed by atoms with Crippen molar-refractivity contribution >= 4 is 16.9 Å². The second kappa shape index (κ2) is 6.44. The van der Waals surface area contributed by atoms with E-state index in [-0.39, 0.29) is 11.3 Å². The normalized spacial score (nSPS) is 11.0. The minimum atomic E-state index is -1.09. The van der Waals surface area contributed by atoms with Gasteiger partial charge in [-0.05, 0) is 23.8 Å². The van der Waals surface area contributed by atoms with E-state index in [1.807, 2.05) is 30.3 Å². The molecule has 1 N–H and O–H groups in total. The molecule has 0 bridgehead atoms. The lowest BCUT2D eigenvalue weighted by atomic mass is 10.0. The van der Waals surface area contributed by atoms with Gasteiger partial charge < -0.3 is 9.67 Å². The topological polar surface area (TPSA) is 55.1 Å². The number of para-hydroxylation sites is 1. The summed E-state index contributed by atoms with van der Waals surface area (Å²) in [4.78, 5) is 16.2. The number of benzene rings is 2. The van der Waals surface area contributed by atoms with Crippen LogP contribution in [0.15, 0.2) is 73.1 Å². The first kappa shape index (κ1) is 16.0. The molecule has 4 aromatic rings. The van der Waals surface area contributed by atoms with Crippen LogP contribution in [0.4, 0.5) is 4.39 Å². The number of carboxylic acids is 1. The Morgan fingerprint density at radius 3 is 2.54 bits per heavy atom. The van der Waals surface area contributed by atoms with Gasteiger partial charge in [0.15, 0.2) is 0 Å². The Morgan fingerprint density at radius 2 is 1.81 bits per heavy atom. The number of fused-ring (bicyclic) bond motifs is 1. The summed E-state index contributed by atoms with van der Waals surface area (Å²) in [6.07, 6.45) is 3.36. The van der Waals surface area contributed by atoms with Crippen LogP contribution in [0.25, 0.3) is 22.0 Å². The first-order valence-corrected chi connectivity index (χ1v) is 8.15. The van der Waals surface area contributed by atoms with Crippen LogP contribution in [0.3, 0.4) is 0 Å². The van der Waals surface area contributed by atoms with Crippen LogP contribution in [-0.2, 0) is 6.54 Å². The summed E-state index contributed by atoms with van der Waals surface area (Å²) < 4.78 is 16.2. The van der Waals surface area contributed by atoms with Gasteiger partial charge in [-0.15, -0.1) is 0 Å². The van der Waals surface area contributed by atoms with E-state index < -0.39 is 11.8 Å². The number of carbonyl (C=O) groups is 1. The van der Waals surface area contributed by atoms with E-state index in [0.717, 1.165) is 11.1 Å². The van der Waals surface area contributed by atoms with Gasteiger partial charge in [0.1, 0.15) is 11.5 Å². The van der Waals surface area contributed by atoms with Gasteiger partial charge in [0, 0.05) is 41.0 Å². The zero-order valence-electron chi connectivity index (χ0n) is 13.8. The van der Waals surface area contributed by atoms with E-state index in [1.165, 1.54) is 6.07 Å². The number of hydrogen-bond acceptors (Lipinski definition) is 2. The summed E-state index contributed by atoms with van der Waals surface area (Å²) in [5.41, 5.74) is 2.36. The summed E-state index contributed by atoms with van der Waals surface area (Å²) in [6, 6.07) is 17.3. The highest BCUT2D eigenvalue weighted by molar-refractivity contribution is 6.08. The quantitative estimate of drug-likeness (QED) is 0.588. The molecule has 0 amide bonds. The maximum atomic E-state index is 14.5. The zero-order valence-corrected chi connectivity index (χ0v) is 13.8. The molecule has 4 nitrogen and oxygen atoms in total. The predicted molar refractivity (Wildman–Crippen MR) is 97.6 cm³/mol. The minimum Gasteiger partial charge on any atom is -0.477 e. The largest absolute Gasteiger partial charge is 0.477 e. The number of aromatic nitrogens is 2. The average Bonchev–Trinajstić information content (AvgIpc) is 2.98. The molecule has 26 heavy (non-hydrogen) atoms. The van der Waals surface area contributed by atoms with Crippen molar-refractivity contribution in [3.8, 4) is 11.1 Å². The Balaban J connectivity index is 2.05. The average molecular weight is 346 g/mol. The molecule has 5 heteroatoms. The number of rotatable bonds is 4. The molecule has 0 unspecified atom stereocenters. The molecule has 2 aromatic carbocycles. The van der Waals surface area contributed by atoms with Crippen molar-refractivity contribution in [3.05, 3.63) is 90.1 Å². The molecule has 0 aliphatic rings. The number of halogens is 1. The molecule has 0 saturated heterocycles. The summed E-state index contributed by atoms with van der Waals surface area (Å²) in [5, 5.41) is 10.6. The monoisotopic (exact) mass is 346 g/mol. The molecule has 2 heterocycles. The van der Waals surface area contributed by atoms with Crippen molar-refractivity contribution in [1.29, 1.82) is 0 Å². The Hall–Kier alpha value is -3.47. The number of aromatic carboxylic acids is 1. The highest BCUT2D eigenvalue weighted by Crippen LogP contribution is 2.36. The molecule has 4 rings (SSSR count). The lowest BCUT2D eigenvalue weighted by molar-refractivity contribution is 0.0687. The van der Waals surface area contributed by atoms with Gasteiger partial charge in [0.2, 0.25) is 0 Å². The van der Waals surface area contributed by atoms with E-state index in [0.29, 0.717) is 17.5 Å². The molecule has 0 spiro atoms. The second-order valence-electron chi connectivity index (χ2n) is 5.97. The Bertz CT molecular complexity index is 1100. The van der Waals surface area contributed by atoms with Crippen LogP contribution < -0.4 is 0 Å². The van der Waals surface area contributed by atoms with Gasteiger partial charge in [0.05, 0.1) is 0 Å². The van der Waals surface area contributed by atoms with Crippen molar-refractivity contribution in [2.24, 2.45) is 0 Å². The Kier molecular flexibility index (Phi) is 3.97. The molecule has 0 aliphatic heterocycles. The summed E-state index contributed by atoms with van der Waals surface area (Å²) in [5.74, 6) is -1.54. The smallest absolute Gasteiger partial charge is 0.353 e. The first-order chi connectivity index (χ1) is 12.7. The molecule has 0 radical (unpaired) electrons. The number of nitrogens with zero attached hydrogens (tertiary/aromatic N) is 2. The predicted octanol–water partition coefficient (Wildman–Crippen LogP) is 4.59. The molecule has 0 fully saturated rings. The third kappa shape index (κ3) is 2.63. The standard InChI is InChI=1S/C21H15FN2O2/c22-17-9-3-1-7-15(17)19-16-8-2-4-10-18(16)24(20(19)21(25)26)13-14-6-5-11-23-12-14/h1-12H,13H2,(H,25,26). The van der Waals surface area contributed by atoms with Crippen molar-refractivity contribution in [2.75, 3.05) is 0 Å². The summed E-state index contributed by atoms with van der Waals surface area (Å²) >= 11 is 0. The Morgan fingerprint density at radius 1 is 1.04 bits per heavy atom. The summed E-state index contributed by atoms with van der Waals surface area (Å²) in [6.45, 7) is 0.338. The first-order valence-electron chi connectivity index (χ1n) is 8.15. The molecule has 0 atom stereocenters.